The van der Waals surface area contributed by atoms with Crippen LogP contribution in [0.5, 0.6) is 0 Å². The molecule has 1 aliphatic rings. The molecular weight excluding hydrogens is 272 g/mol. The Morgan fingerprint density at radius 2 is 1.89 bits per heavy atom. The fraction of sp³-hybridized carbons (Fsp3) is 0.273. The molecule has 0 fully saturated rings. The molecule has 1 heterocycles. The number of hydrogen-bond acceptors (Lipinski definition) is 5. The first kappa shape index (κ1) is 13.7. The average Bonchev–Trinajstić information content (AvgIpc) is 2.63. The molecule has 1 aliphatic heterocycles. The third kappa shape index (κ3) is 2.03. The topological polar surface area (TPSA) is 95.0 Å². The highest BCUT2D eigenvalue weighted by Crippen LogP contribution is 2.31. The molecule has 1 N–H and O–H groups in total. The number of carbonyl (C=O) groups is 2. The fourth-order valence-corrected chi connectivity index (χ4v) is 3.08. The number of ketones is 1. The van der Waals surface area contributed by atoms with E-state index in [4.69, 9.17) is 5.11 Å². The van der Waals surface area contributed by atoms with E-state index in [1.807, 2.05) is 0 Å². The second kappa shape index (κ2) is 4.72. The Labute approximate surface area is 110 Å². The SMILES string of the molecule is CN(CCO)S(=O)(=O)N1C(=O)C(=O)c2ccccc21. The molecule has 0 bridgehead atoms. The van der Waals surface area contributed by atoms with Crippen molar-refractivity contribution in [2.24, 2.45) is 0 Å². The van der Waals surface area contributed by atoms with Crippen LogP contribution >= 0.6 is 0 Å². The fourth-order valence-electron chi connectivity index (χ4n) is 1.78. The number of likely N-dealkylation sites (N-methyl/N-ethyl adjacent to an activating group) is 1. The van der Waals surface area contributed by atoms with Crippen molar-refractivity contribution in [2.45, 2.75) is 0 Å². The molecule has 0 saturated carbocycles. The van der Waals surface area contributed by atoms with Gasteiger partial charge in [0.1, 0.15) is 0 Å². The third-order valence-corrected chi connectivity index (χ3v) is 4.58. The van der Waals surface area contributed by atoms with Gasteiger partial charge in [0.05, 0.1) is 17.9 Å². The van der Waals surface area contributed by atoms with Gasteiger partial charge >= 0.3 is 16.1 Å². The number of para-hydroxylation sites is 1. The maximum absolute atomic E-state index is 12.2. The van der Waals surface area contributed by atoms with Crippen molar-refractivity contribution in [2.75, 3.05) is 24.5 Å². The molecule has 7 nitrogen and oxygen atoms in total. The lowest BCUT2D eigenvalue weighted by atomic mass is 10.1. The summed E-state index contributed by atoms with van der Waals surface area (Å²) >= 11 is 0. The van der Waals surface area contributed by atoms with Crippen molar-refractivity contribution in [3.05, 3.63) is 29.8 Å². The summed E-state index contributed by atoms with van der Waals surface area (Å²) in [6.07, 6.45) is 0. The molecule has 0 unspecified atom stereocenters. The highest BCUT2D eigenvalue weighted by Gasteiger charge is 2.44. The minimum absolute atomic E-state index is 0.0438. The summed E-state index contributed by atoms with van der Waals surface area (Å²) in [5.74, 6) is -1.96. The molecule has 1 aromatic rings. The van der Waals surface area contributed by atoms with E-state index in [9.17, 15) is 18.0 Å². The molecule has 102 valence electrons. The predicted octanol–water partition coefficient (Wildman–Crippen LogP) is -0.615. The number of amides is 1. The van der Waals surface area contributed by atoms with Crippen molar-refractivity contribution < 1.29 is 23.1 Å². The first-order valence-electron chi connectivity index (χ1n) is 5.46. The lowest BCUT2D eigenvalue weighted by Gasteiger charge is -2.23. The molecule has 0 aromatic heterocycles. The maximum Gasteiger partial charge on any atom is 0.314 e. The van der Waals surface area contributed by atoms with Gasteiger partial charge in [0, 0.05) is 13.6 Å². The molecule has 2 rings (SSSR count). The van der Waals surface area contributed by atoms with Crippen LogP contribution in [0.15, 0.2) is 24.3 Å². The van der Waals surface area contributed by atoms with Crippen LogP contribution in [0.4, 0.5) is 5.69 Å². The summed E-state index contributed by atoms with van der Waals surface area (Å²) in [5.41, 5.74) is 0.107. The number of nitrogens with zero attached hydrogens (tertiary/aromatic N) is 2. The van der Waals surface area contributed by atoms with E-state index in [-0.39, 0.29) is 24.4 Å². The Kier molecular flexibility index (Phi) is 3.40. The Morgan fingerprint density at radius 1 is 1.26 bits per heavy atom. The second-order valence-corrected chi connectivity index (χ2v) is 5.85. The summed E-state index contributed by atoms with van der Waals surface area (Å²) in [6.45, 7) is -0.546. The molecule has 1 aromatic carbocycles. The van der Waals surface area contributed by atoms with Crippen molar-refractivity contribution in [1.29, 1.82) is 0 Å². The Hall–Kier alpha value is -1.77. The summed E-state index contributed by atoms with van der Waals surface area (Å²) in [6, 6.07) is 5.89. The number of anilines is 1. The number of benzene rings is 1. The second-order valence-electron chi connectivity index (χ2n) is 3.97. The van der Waals surface area contributed by atoms with Gasteiger partial charge in [-0.25, -0.2) is 0 Å². The maximum atomic E-state index is 12.2. The van der Waals surface area contributed by atoms with Gasteiger partial charge in [-0.2, -0.15) is 17.0 Å². The molecule has 0 atom stereocenters. The summed E-state index contributed by atoms with van der Waals surface area (Å²) in [4.78, 5) is 23.5. The summed E-state index contributed by atoms with van der Waals surface area (Å²) < 4.78 is 25.7. The van der Waals surface area contributed by atoms with Crippen LogP contribution in [-0.4, -0.2) is 49.7 Å². The highest BCUT2D eigenvalue weighted by atomic mass is 32.2. The normalized spacial score (nSPS) is 15.2. The first-order valence-corrected chi connectivity index (χ1v) is 6.86. The van der Waals surface area contributed by atoms with Crippen LogP contribution < -0.4 is 4.31 Å². The monoisotopic (exact) mass is 284 g/mol. The van der Waals surface area contributed by atoms with Crippen molar-refractivity contribution >= 4 is 27.6 Å². The summed E-state index contributed by atoms with van der Waals surface area (Å²) in [5, 5.41) is 8.78. The van der Waals surface area contributed by atoms with Gasteiger partial charge in [0.15, 0.2) is 0 Å². The molecular formula is C11H12N2O5S. The van der Waals surface area contributed by atoms with Crippen molar-refractivity contribution in [3.8, 4) is 0 Å². The van der Waals surface area contributed by atoms with Crippen LogP contribution in [0, 0.1) is 0 Å². The molecule has 0 spiro atoms. The quantitative estimate of drug-likeness (QED) is 0.744. The van der Waals surface area contributed by atoms with Crippen LogP contribution in [-0.2, 0) is 15.0 Å². The number of carbonyl (C=O) groups excluding carboxylic acids is 2. The molecule has 19 heavy (non-hydrogen) atoms. The Morgan fingerprint density at radius 3 is 2.53 bits per heavy atom. The predicted molar refractivity (Wildman–Crippen MR) is 66.9 cm³/mol. The van der Waals surface area contributed by atoms with E-state index in [0.717, 1.165) is 4.31 Å². The largest absolute Gasteiger partial charge is 0.395 e. The van der Waals surface area contributed by atoms with E-state index in [0.29, 0.717) is 4.31 Å². The number of fused-ring (bicyclic) bond motifs is 1. The number of Topliss-reactive ketones (excluding diaryl/α,β-unsaturated/α-hetero) is 1. The first-order chi connectivity index (χ1) is 8.91. The standard InChI is InChI=1S/C11H12N2O5S/c1-12(6-7-14)19(17,18)13-9-5-3-2-4-8(9)10(15)11(13)16/h2-5,14H,6-7H2,1H3. The van der Waals surface area contributed by atoms with Crippen LogP contribution in [0.1, 0.15) is 10.4 Å². The zero-order valence-corrected chi connectivity index (χ0v) is 10.9. The minimum Gasteiger partial charge on any atom is -0.395 e. The van der Waals surface area contributed by atoms with Gasteiger partial charge in [0.2, 0.25) is 0 Å². The highest BCUT2D eigenvalue weighted by molar-refractivity contribution is 7.91. The number of rotatable bonds is 4. The Balaban J connectivity index is 2.52. The molecule has 0 aliphatic carbocycles. The van der Waals surface area contributed by atoms with Gasteiger partial charge < -0.3 is 5.11 Å². The summed E-state index contributed by atoms with van der Waals surface area (Å²) in [7, 11) is -2.93. The van der Waals surface area contributed by atoms with Crippen LogP contribution in [0.25, 0.3) is 0 Å². The van der Waals surface area contributed by atoms with Crippen LogP contribution in [0.3, 0.4) is 0 Å². The van der Waals surface area contributed by atoms with Crippen molar-refractivity contribution in [3.63, 3.8) is 0 Å². The van der Waals surface area contributed by atoms with E-state index in [2.05, 4.69) is 0 Å². The average molecular weight is 284 g/mol. The van der Waals surface area contributed by atoms with Gasteiger partial charge in [0.25, 0.3) is 5.78 Å². The van der Waals surface area contributed by atoms with Crippen molar-refractivity contribution in [1.82, 2.24) is 4.31 Å². The van der Waals surface area contributed by atoms with Gasteiger partial charge in [-0.15, -0.1) is 0 Å². The molecule has 8 heteroatoms. The van der Waals surface area contributed by atoms with Crippen LogP contribution in [0.2, 0.25) is 0 Å². The van der Waals surface area contributed by atoms with E-state index >= 15 is 0 Å². The number of aliphatic hydroxyl groups is 1. The number of aliphatic hydroxyl groups excluding tert-OH is 1. The molecule has 1 amide bonds. The lowest BCUT2D eigenvalue weighted by Crippen LogP contribution is -2.45. The Bertz CT molecular complexity index is 640. The smallest absolute Gasteiger partial charge is 0.314 e. The zero-order valence-electron chi connectivity index (χ0n) is 10.1. The lowest BCUT2D eigenvalue weighted by molar-refractivity contribution is -0.113. The van der Waals surface area contributed by atoms with Gasteiger partial charge in [-0.3, -0.25) is 9.59 Å². The number of hydrogen-bond donors (Lipinski definition) is 1. The molecule has 0 saturated heterocycles. The van der Waals surface area contributed by atoms with E-state index in [1.165, 1.54) is 19.2 Å². The molecule has 0 radical (unpaired) electrons. The van der Waals surface area contributed by atoms with Gasteiger partial charge in [-0.05, 0) is 12.1 Å². The minimum atomic E-state index is -4.16. The zero-order chi connectivity index (χ0) is 14.2. The van der Waals surface area contributed by atoms with E-state index < -0.39 is 21.9 Å². The van der Waals surface area contributed by atoms with Gasteiger partial charge in [-0.1, -0.05) is 12.1 Å². The van der Waals surface area contributed by atoms with E-state index in [1.54, 1.807) is 12.1 Å². The third-order valence-electron chi connectivity index (χ3n) is 2.79.